The van der Waals surface area contributed by atoms with E-state index in [2.05, 4.69) is 10.0 Å². The van der Waals surface area contributed by atoms with Gasteiger partial charge in [0.2, 0.25) is 15.9 Å². The molecule has 2 aromatic rings. The van der Waals surface area contributed by atoms with Gasteiger partial charge in [-0.15, -0.1) is 0 Å². The van der Waals surface area contributed by atoms with Crippen molar-refractivity contribution in [2.75, 3.05) is 30.9 Å². The van der Waals surface area contributed by atoms with Crippen molar-refractivity contribution in [2.45, 2.75) is 4.90 Å². The SMILES string of the molecule is CN(C)c1ccc(NC(=O)CNS(=O)(=O)c2cccc([N+](=O)[O-])c2)cc1. The Balaban J connectivity index is 1.99. The molecule has 0 aliphatic rings. The minimum absolute atomic E-state index is 0.283. The molecule has 26 heavy (non-hydrogen) atoms. The van der Waals surface area contributed by atoms with Crippen molar-refractivity contribution < 1.29 is 18.1 Å². The van der Waals surface area contributed by atoms with Crippen LogP contribution in [0, 0.1) is 10.1 Å². The Bertz CT molecular complexity index is 910. The van der Waals surface area contributed by atoms with Crippen molar-refractivity contribution in [3.05, 3.63) is 58.6 Å². The number of non-ortho nitro benzene ring substituents is 1. The normalized spacial score (nSPS) is 11.0. The van der Waals surface area contributed by atoms with Gasteiger partial charge in [-0.1, -0.05) is 6.07 Å². The molecule has 0 unspecified atom stereocenters. The van der Waals surface area contributed by atoms with Gasteiger partial charge in [-0.05, 0) is 30.3 Å². The van der Waals surface area contributed by atoms with Crippen molar-refractivity contribution in [3.8, 4) is 0 Å². The Labute approximate surface area is 150 Å². The molecule has 0 spiro atoms. The summed E-state index contributed by atoms with van der Waals surface area (Å²) in [6.45, 7) is -0.500. The Morgan fingerprint density at radius 2 is 1.81 bits per heavy atom. The number of benzene rings is 2. The molecule has 0 atom stereocenters. The maximum Gasteiger partial charge on any atom is 0.270 e. The number of anilines is 2. The van der Waals surface area contributed by atoms with Crippen LogP contribution in [0.3, 0.4) is 0 Å². The molecule has 9 nitrogen and oxygen atoms in total. The van der Waals surface area contributed by atoms with Gasteiger partial charge in [0, 0.05) is 37.6 Å². The Kier molecular flexibility index (Phi) is 5.90. The molecule has 0 heterocycles. The Morgan fingerprint density at radius 3 is 2.38 bits per heavy atom. The van der Waals surface area contributed by atoms with Crippen LogP contribution in [0.5, 0.6) is 0 Å². The summed E-state index contributed by atoms with van der Waals surface area (Å²) < 4.78 is 26.4. The quantitative estimate of drug-likeness (QED) is 0.557. The number of hydrogen-bond acceptors (Lipinski definition) is 6. The van der Waals surface area contributed by atoms with Gasteiger partial charge in [0.25, 0.3) is 5.69 Å². The third-order valence-electron chi connectivity index (χ3n) is 3.43. The van der Waals surface area contributed by atoms with Gasteiger partial charge in [-0.2, -0.15) is 0 Å². The molecule has 10 heteroatoms. The number of nitro groups is 1. The fourth-order valence-electron chi connectivity index (χ4n) is 2.06. The Hall–Kier alpha value is -2.98. The van der Waals surface area contributed by atoms with Gasteiger partial charge in [-0.3, -0.25) is 14.9 Å². The first-order valence-electron chi connectivity index (χ1n) is 7.50. The van der Waals surface area contributed by atoms with E-state index in [0.29, 0.717) is 5.69 Å². The van der Waals surface area contributed by atoms with Crippen molar-refractivity contribution in [1.29, 1.82) is 0 Å². The third kappa shape index (κ3) is 5.01. The summed E-state index contributed by atoms with van der Waals surface area (Å²) in [4.78, 5) is 23.6. The minimum Gasteiger partial charge on any atom is -0.378 e. The van der Waals surface area contributed by atoms with Gasteiger partial charge >= 0.3 is 0 Å². The van der Waals surface area contributed by atoms with Gasteiger partial charge in [0.1, 0.15) is 0 Å². The van der Waals surface area contributed by atoms with E-state index >= 15 is 0 Å². The van der Waals surface area contributed by atoms with E-state index in [1.165, 1.54) is 18.2 Å². The van der Waals surface area contributed by atoms with E-state index < -0.39 is 27.4 Å². The van der Waals surface area contributed by atoms with Gasteiger partial charge in [0.15, 0.2) is 0 Å². The van der Waals surface area contributed by atoms with E-state index in [4.69, 9.17) is 0 Å². The number of rotatable bonds is 7. The highest BCUT2D eigenvalue weighted by atomic mass is 32.2. The lowest BCUT2D eigenvalue weighted by Crippen LogP contribution is -2.32. The van der Waals surface area contributed by atoms with Gasteiger partial charge in [0.05, 0.1) is 16.4 Å². The number of nitrogens with one attached hydrogen (secondary N) is 2. The lowest BCUT2D eigenvalue weighted by molar-refractivity contribution is -0.385. The second kappa shape index (κ2) is 7.93. The van der Waals surface area contributed by atoms with Crippen molar-refractivity contribution in [2.24, 2.45) is 0 Å². The van der Waals surface area contributed by atoms with E-state index in [1.54, 1.807) is 12.1 Å². The molecule has 1 amide bonds. The molecule has 0 fully saturated rings. The van der Waals surface area contributed by atoms with Gasteiger partial charge in [-0.25, -0.2) is 13.1 Å². The fraction of sp³-hybridized carbons (Fsp3) is 0.188. The molecule has 0 radical (unpaired) electrons. The minimum atomic E-state index is -4.04. The van der Waals surface area contributed by atoms with E-state index in [-0.39, 0.29) is 10.6 Å². The number of carbonyl (C=O) groups excluding carboxylic acids is 1. The molecule has 2 rings (SSSR count). The number of hydrogen-bond donors (Lipinski definition) is 2. The molecule has 138 valence electrons. The highest BCUT2D eigenvalue weighted by Gasteiger charge is 2.18. The maximum atomic E-state index is 12.2. The number of nitro benzene ring substituents is 1. The molecule has 0 saturated carbocycles. The summed E-state index contributed by atoms with van der Waals surface area (Å²) >= 11 is 0. The zero-order valence-electron chi connectivity index (χ0n) is 14.2. The molecule has 0 aliphatic heterocycles. The van der Waals surface area contributed by atoms with Crippen LogP contribution >= 0.6 is 0 Å². The van der Waals surface area contributed by atoms with Gasteiger partial charge < -0.3 is 10.2 Å². The lowest BCUT2D eigenvalue weighted by atomic mass is 10.2. The fourth-order valence-corrected chi connectivity index (χ4v) is 3.08. The second-order valence-corrected chi connectivity index (χ2v) is 7.34. The van der Waals surface area contributed by atoms with E-state index in [1.807, 2.05) is 31.1 Å². The zero-order valence-corrected chi connectivity index (χ0v) is 15.0. The third-order valence-corrected chi connectivity index (χ3v) is 4.83. The van der Waals surface area contributed by atoms with Crippen LogP contribution in [-0.2, 0) is 14.8 Å². The Morgan fingerprint density at radius 1 is 1.15 bits per heavy atom. The molecular weight excluding hydrogens is 360 g/mol. The molecule has 2 N–H and O–H groups in total. The summed E-state index contributed by atoms with van der Waals surface area (Å²) in [5.74, 6) is -0.559. The standard InChI is InChI=1S/C16H18N4O5S/c1-19(2)13-8-6-12(7-9-13)18-16(21)11-17-26(24,25)15-5-3-4-14(10-15)20(22)23/h3-10,17H,11H2,1-2H3,(H,18,21). The van der Waals surface area contributed by atoms with Crippen LogP contribution in [0.2, 0.25) is 0 Å². The lowest BCUT2D eigenvalue weighted by Gasteiger charge is -2.13. The first kappa shape index (κ1) is 19.3. The predicted octanol–water partition coefficient (Wildman–Crippen LogP) is 1.58. The number of amides is 1. The van der Waals surface area contributed by atoms with Crippen LogP contribution in [0.15, 0.2) is 53.4 Å². The highest BCUT2D eigenvalue weighted by molar-refractivity contribution is 7.89. The van der Waals surface area contributed by atoms with Crippen LogP contribution in [0.1, 0.15) is 0 Å². The van der Waals surface area contributed by atoms with Crippen LogP contribution in [0.4, 0.5) is 17.1 Å². The van der Waals surface area contributed by atoms with Crippen molar-refractivity contribution in [1.82, 2.24) is 4.72 Å². The summed E-state index contributed by atoms with van der Waals surface area (Å²) in [5, 5.41) is 13.3. The summed E-state index contributed by atoms with van der Waals surface area (Å²) in [6.07, 6.45) is 0. The molecule has 0 saturated heterocycles. The monoisotopic (exact) mass is 378 g/mol. The summed E-state index contributed by atoms with van der Waals surface area (Å²) in [5.41, 5.74) is 1.13. The molecule has 0 aromatic heterocycles. The first-order chi connectivity index (χ1) is 12.2. The zero-order chi connectivity index (χ0) is 19.3. The largest absolute Gasteiger partial charge is 0.378 e. The number of sulfonamides is 1. The number of carbonyl (C=O) groups is 1. The molecule has 2 aromatic carbocycles. The van der Waals surface area contributed by atoms with Crippen LogP contribution < -0.4 is 14.9 Å². The van der Waals surface area contributed by atoms with Crippen LogP contribution in [0.25, 0.3) is 0 Å². The molecule has 0 aliphatic carbocycles. The smallest absolute Gasteiger partial charge is 0.270 e. The average Bonchev–Trinajstić information content (AvgIpc) is 2.60. The predicted molar refractivity (Wildman–Crippen MR) is 97.7 cm³/mol. The molecular formula is C16H18N4O5S. The van der Waals surface area contributed by atoms with E-state index in [0.717, 1.165) is 11.8 Å². The van der Waals surface area contributed by atoms with Crippen LogP contribution in [-0.4, -0.2) is 39.9 Å². The second-order valence-electron chi connectivity index (χ2n) is 5.57. The van der Waals surface area contributed by atoms with E-state index in [9.17, 15) is 23.3 Å². The summed E-state index contributed by atoms with van der Waals surface area (Å²) in [6, 6.07) is 11.6. The molecule has 0 bridgehead atoms. The summed E-state index contributed by atoms with van der Waals surface area (Å²) in [7, 11) is -0.273. The first-order valence-corrected chi connectivity index (χ1v) is 8.99. The number of nitrogens with zero attached hydrogens (tertiary/aromatic N) is 2. The topological polar surface area (TPSA) is 122 Å². The maximum absolute atomic E-state index is 12.2. The average molecular weight is 378 g/mol. The highest BCUT2D eigenvalue weighted by Crippen LogP contribution is 2.17. The van der Waals surface area contributed by atoms with Crippen molar-refractivity contribution in [3.63, 3.8) is 0 Å². The van der Waals surface area contributed by atoms with Crippen molar-refractivity contribution >= 4 is 33.0 Å².